The number of carbonyl (C=O) groups is 1. The van der Waals surface area contributed by atoms with E-state index in [1.807, 2.05) is 11.8 Å². The predicted octanol–water partition coefficient (Wildman–Crippen LogP) is 5.70. The van der Waals surface area contributed by atoms with Gasteiger partial charge >= 0.3 is 0 Å². The second kappa shape index (κ2) is 10.2. The van der Waals surface area contributed by atoms with Gasteiger partial charge in [-0.15, -0.1) is 0 Å². The maximum atomic E-state index is 12.5. The van der Waals surface area contributed by atoms with E-state index in [-0.39, 0.29) is 5.91 Å². The van der Waals surface area contributed by atoms with Crippen molar-refractivity contribution in [3.05, 3.63) is 69.8 Å². The van der Waals surface area contributed by atoms with Crippen LogP contribution in [-0.2, 0) is 24.1 Å². The molecule has 2 unspecified atom stereocenters. The van der Waals surface area contributed by atoms with E-state index < -0.39 is 6.10 Å². The van der Waals surface area contributed by atoms with Gasteiger partial charge < -0.3 is 10.0 Å². The molecule has 1 N–H and O–H groups in total. The van der Waals surface area contributed by atoms with Gasteiger partial charge in [-0.1, -0.05) is 56.7 Å². The number of carbonyl (C=O) groups excluding carboxylic acids is 1. The van der Waals surface area contributed by atoms with Gasteiger partial charge in [0.15, 0.2) is 0 Å². The van der Waals surface area contributed by atoms with Crippen molar-refractivity contribution in [2.45, 2.75) is 90.1 Å². The highest BCUT2D eigenvalue weighted by molar-refractivity contribution is 5.80. The van der Waals surface area contributed by atoms with Crippen LogP contribution >= 0.6 is 0 Å². The molecule has 3 nitrogen and oxygen atoms in total. The van der Waals surface area contributed by atoms with Gasteiger partial charge in [0.1, 0.15) is 6.10 Å². The summed E-state index contributed by atoms with van der Waals surface area (Å²) in [5, 5.41) is 10.1. The minimum atomic E-state index is -0.827. The lowest BCUT2D eigenvalue weighted by Crippen LogP contribution is -2.43. The minimum absolute atomic E-state index is 0.0801. The number of fused-ring (bicyclic) bond motifs is 1. The van der Waals surface area contributed by atoms with Crippen molar-refractivity contribution >= 4 is 5.91 Å². The Morgan fingerprint density at radius 3 is 2.62 bits per heavy atom. The van der Waals surface area contributed by atoms with Gasteiger partial charge in [0.2, 0.25) is 0 Å². The Kier molecular flexibility index (Phi) is 7.35. The summed E-state index contributed by atoms with van der Waals surface area (Å²) in [5.74, 6) is 1.08. The summed E-state index contributed by atoms with van der Waals surface area (Å²) in [4.78, 5) is 14.3. The predicted molar refractivity (Wildman–Crippen MR) is 131 cm³/mol. The number of aryl methyl sites for hydroxylation is 3. The zero-order valence-corrected chi connectivity index (χ0v) is 20.1. The van der Waals surface area contributed by atoms with Crippen LogP contribution < -0.4 is 0 Å². The van der Waals surface area contributed by atoms with Crippen LogP contribution in [0.4, 0.5) is 0 Å². The lowest BCUT2D eigenvalue weighted by molar-refractivity contribution is -0.141. The van der Waals surface area contributed by atoms with E-state index in [2.05, 4.69) is 50.2 Å². The molecule has 2 aliphatic rings. The van der Waals surface area contributed by atoms with Crippen molar-refractivity contribution in [3.8, 4) is 0 Å². The lowest BCUT2D eigenvalue weighted by atomic mass is 9.83. The van der Waals surface area contributed by atoms with E-state index in [1.54, 1.807) is 11.1 Å². The fraction of sp³-hybridized carbons (Fsp3) is 0.552. The molecule has 3 heteroatoms. The summed E-state index contributed by atoms with van der Waals surface area (Å²) in [6, 6.07) is 13.9. The zero-order valence-electron chi connectivity index (χ0n) is 20.1. The van der Waals surface area contributed by atoms with Crippen molar-refractivity contribution in [2.75, 3.05) is 13.1 Å². The molecule has 1 amide bonds. The average molecular weight is 434 g/mol. The highest BCUT2D eigenvalue weighted by Crippen LogP contribution is 2.38. The molecule has 2 aromatic carbocycles. The number of benzene rings is 2. The fourth-order valence-corrected chi connectivity index (χ4v) is 6.02. The molecule has 0 bridgehead atoms. The number of nitrogens with zero attached hydrogens (tertiary/aromatic N) is 1. The average Bonchev–Trinajstić information content (AvgIpc) is 3.22. The third-order valence-electron chi connectivity index (χ3n) is 7.75. The minimum Gasteiger partial charge on any atom is -0.383 e. The first-order chi connectivity index (χ1) is 15.5. The SMILES string of the molecule is CCCC(O)C(=O)N1CCC(c2ccc(CC3CCc4cccc(C)c43)cc2CC)CC1. The van der Waals surface area contributed by atoms with Crippen LogP contribution in [0.15, 0.2) is 36.4 Å². The number of piperidine rings is 1. The molecular formula is C29H39NO2. The van der Waals surface area contributed by atoms with Gasteiger partial charge in [-0.3, -0.25) is 4.79 Å². The molecule has 2 atom stereocenters. The first kappa shape index (κ1) is 23.0. The second-order valence-electron chi connectivity index (χ2n) is 9.88. The highest BCUT2D eigenvalue weighted by Gasteiger charge is 2.29. The molecule has 0 spiro atoms. The Morgan fingerprint density at radius 2 is 1.91 bits per heavy atom. The number of aliphatic hydroxyl groups excluding tert-OH is 1. The molecule has 32 heavy (non-hydrogen) atoms. The summed E-state index contributed by atoms with van der Waals surface area (Å²) in [6.07, 6.45) is 7.21. The Balaban J connectivity index is 1.42. The second-order valence-corrected chi connectivity index (χ2v) is 9.88. The summed E-state index contributed by atoms with van der Waals surface area (Å²) >= 11 is 0. The quantitative estimate of drug-likeness (QED) is 0.609. The van der Waals surface area contributed by atoms with E-state index in [0.717, 1.165) is 45.2 Å². The van der Waals surface area contributed by atoms with Crippen LogP contribution in [-0.4, -0.2) is 35.1 Å². The summed E-state index contributed by atoms with van der Waals surface area (Å²) in [5.41, 5.74) is 9.00. The Bertz CT molecular complexity index is 942. The Labute approximate surface area is 193 Å². The molecule has 1 saturated heterocycles. The maximum Gasteiger partial charge on any atom is 0.251 e. The molecule has 172 valence electrons. The number of aliphatic hydroxyl groups is 1. The molecule has 2 aromatic rings. The van der Waals surface area contributed by atoms with Crippen molar-refractivity contribution in [2.24, 2.45) is 0 Å². The molecule has 0 saturated carbocycles. The number of hydrogen-bond acceptors (Lipinski definition) is 2. The van der Waals surface area contributed by atoms with E-state index >= 15 is 0 Å². The van der Waals surface area contributed by atoms with Crippen molar-refractivity contribution < 1.29 is 9.90 Å². The van der Waals surface area contributed by atoms with Crippen molar-refractivity contribution in [1.82, 2.24) is 4.90 Å². The number of amides is 1. The molecule has 1 aliphatic heterocycles. The van der Waals surface area contributed by atoms with Gasteiger partial charge in [0.05, 0.1) is 0 Å². The van der Waals surface area contributed by atoms with Crippen LogP contribution in [0.1, 0.15) is 91.2 Å². The highest BCUT2D eigenvalue weighted by atomic mass is 16.3. The molecule has 1 fully saturated rings. The van der Waals surface area contributed by atoms with Crippen molar-refractivity contribution in [1.29, 1.82) is 0 Å². The molecule has 0 aromatic heterocycles. The van der Waals surface area contributed by atoms with E-state index in [1.165, 1.54) is 35.1 Å². The maximum absolute atomic E-state index is 12.5. The number of hydrogen-bond donors (Lipinski definition) is 1. The molecule has 1 aliphatic carbocycles. The van der Waals surface area contributed by atoms with E-state index in [4.69, 9.17) is 0 Å². The normalized spacial score (nSPS) is 19.8. The zero-order chi connectivity index (χ0) is 22.7. The third kappa shape index (κ3) is 4.78. The van der Waals surface area contributed by atoms with Gasteiger partial charge in [-0.2, -0.15) is 0 Å². The number of rotatable bonds is 7. The van der Waals surface area contributed by atoms with Crippen LogP contribution in [0.5, 0.6) is 0 Å². The standard InChI is InChI=1S/C29H39NO2/c1-4-7-27(31)29(32)30-16-14-23(15-17-30)26-13-10-21(18-22(26)5-2)19-25-12-11-24-9-6-8-20(3)28(24)25/h6,8-10,13,18,23,25,27,31H,4-5,7,11-12,14-17,19H2,1-3H3. The number of likely N-dealkylation sites (tertiary alicyclic amines) is 1. The van der Waals surface area contributed by atoms with E-state index in [0.29, 0.717) is 18.3 Å². The largest absolute Gasteiger partial charge is 0.383 e. The molecular weight excluding hydrogens is 394 g/mol. The van der Waals surface area contributed by atoms with Crippen LogP contribution in [0.25, 0.3) is 0 Å². The fourth-order valence-electron chi connectivity index (χ4n) is 6.02. The van der Waals surface area contributed by atoms with Crippen molar-refractivity contribution in [3.63, 3.8) is 0 Å². The first-order valence-corrected chi connectivity index (χ1v) is 12.7. The Hall–Kier alpha value is -2.13. The van der Waals surface area contributed by atoms with E-state index in [9.17, 15) is 9.90 Å². The molecule has 0 radical (unpaired) electrons. The van der Waals surface area contributed by atoms with Gasteiger partial charge in [0, 0.05) is 13.1 Å². The molecule has 1 heterocycles. The van der Waals surface area contributed by atoms with Gasteiger partial charge in [-0.25, -0.2) is 0 Å². The van der Waals surface area contributed by atoms with Crippen LogP contribution in [0, 0.1) is 6.92 Å². The third-order valence-corrected chi connectivity index (χ3v) is 7.75. The van der Waals surface area contributed by atoms with Crippen LogP contribution in [0.2, 0.25) is 0 Å². The monoisotopic (exact) mass is 433 g/mol. The first-order valence-electron chi connectivity index (χ1n) is 12.7. The van der Waals surface area contributed by atoms with Gasteiger partial charge in [0.25, 0.3) is 5.91 Å². The summed E-state index contributed by atoms with van der Waals surface area (Å²) < 4.78 is 0. The van der Waals surface area contributed by atoms with Crippen LogP contribution in [0.3, 0.4) is 0 Å². The Morgan fingerprint density at radius 1 is 1.12 bits per heavy atom. The smallest absolute Gasteiger partial charge is 0.251 e. The molecule has 4 rings (SSSR count). The lowest BCUT2D eigenvalue weighted by Gasteiger charge is -2.34. The summed E-state index contributed by atoms with van der Waals surface area (Å²) in [7, 11) is 0. The summed E-state index contributed by atoms with van der Waals surface area (Å²) in [6.45, 7) is 8.04. The van der Waals surface area contributed by atoms with Gasteiger partial charge in [-0.05, 0) is 97.1 Å². The topological polar surface area (TPSA) is 40.5 Å².